The Hall–Kier alpha value is -2.08. The van der Waals surface area contributed by atoms with Crippen molar-refractivity contribution < 1.29 is 9.59 Å². The van der Waals surface area contributed by atoms with Crippen molar-refractivity contribution in [2.45, 2.75) is 65.3 Å². The molecule has 2 N–H and O–H groups in total. The first-order chi connectivity index (χ1) is 13.5. The molecule has 1 aliphatic heterocycles. The van der Waals surface area contributed by atoms with Crippen LogP contribution in [-0.2, 0) is 16.0 Å². The number of aromatic nitrogens is 1. The SMILES string of the molecule is CCCCCc1cc(C)[nH]c1/C=C1\N=C(CCC(=O)NC(C=O)CS)C=C1C. The van der Waals surface area contributed by atoms with Gasteiger partial charge in [0.05, 0.1) is 11.7 Å². The lowest BCUT2D eigenvalue weighted by Gasteiger charge is -2.09. The van der Waals surface area contributed by atoms with Crippen LogP contribution in [0.4, 0.5) is 0 Å². The minimum absolute atomic E-state index is 0.157. The van der Waals surface area contributed by atoms with Gasteiger partial charge in [0.1, 0.15) is 6.29 Å². The van der Waals surface area contributed by atoms with Crippen molar-refractivity contribution in [2.75, 3.05) is 5.75 Å². The van der Waals surface area contributed by atoms with Crippen molar-refractivity contribution in [2.24, 2.45) is 4.99 Å². The number of aliphatic imine (C=N–C) groups is 1. The molecule has 0 spiro atoms. The Morgan fingerprint density at radius 2 is 2.11 bits per heavy atom. The molecule has 152 valence electrons. The third-order valence-electron chi connectivity index (χ3n) is 4.77. The molecular weight excluding hydrogens is 370 g/mol. The minimum Gasteiger partial charge on any atom is -0.359 e. The van der Waals surface area contributed by atoms with Gasteiger partial charge in [-0.25, -0.2) is 0 Å². The highest BCUT2D eigenvalue weighted by molar-refractivity contribution is 7.80. The molecule has 0 saturated carbocycles. The van der Waals surface area contributed by atoms with E-state index in [9.17, 15) is 9.59 Å². The highest BCUT2D eigenvalue weighted by Crippen LogP contribution is 2.25. The summed E-state index contributed by atoms with van der Waals surface area (Å²) in [6.45, 7) is 6.33. The molecule has 2 heterocycles. The van der Waals surface area contributed by atoms with Crippen molar-refractivity contribution >= 4 is 36.6 Å². The van der Waals surface area contributed by atoms with Crippen LogP contribution in [-0.4, -0.2) is 34.7 Å². The number of aldehydes is 1. The van der Waals surface area contributed by atoms with Gasteiger partial charge >= 0.3 is 0 Å². The van der Waals surface area contributed by atoms with Crippen LogP contribution in [0.25, 0.3) is 6.08 Å². The maximum Gasteiger partial charge on any atom is 0.220 e. The lowest BCUT2D eigenvalue weighted by atomic mass is 10.1. The molecular formula is C22H31N3O2S. The Labute approximate surface area is 173 Å². The number of nitrogens with one attached hydrogen (secondary N) is 2. The Bertz CT molecular complexity index is 790. The summed E-state index contributed by atoms with van der Waals surface area (Å²) in [7, 11) is 0. The van der Waals surface area contributed by atoms with Gasteiger partial charge < -0.3 is 15.1 Å². The Morgan fingerprint density at radius 3 is 2.79 bits per heavy atom. The second kappa shape index (κ2) is 11.1. The number of carbonyl (C=O) groups excluding carboxylic acids is 2. The highest BCUT2D eigenvalue weighted by atomic mass is 32.1. The molecule has 5 nitrogen and oxygen atoms in total. The summed E-state index contributed by atoms with van der Waals surface area (Å²) in [5.74, 6) is 0.147. The number of unbranched alkanes of at least 4 members (excludes halogenated alkanes) is 2. The topological polar surface area (TPSA) is 74.3 Å². The number of amides is 1. The van der Waals surface area contributed by atoms with E-state index in [0.717, 1.165) is 34.8 Å². The first kappa shape index (κ1) is 22.2. The van der Waals surface area contributed by atoms with Crippen molar-refractivity contribution in [3.63, 3.8) is 0 Å². The molecule has 1 aromatic rings. The van der Waals surface area contributed by atoms with Gasteiger partial charge in [-0.05, 0) is 62.5 Å². The van der Waals surface area contributed by atoms with Gasteiger partial charge in [-0.2, -0.15) is 12.6 Å². The molecule has 0 aromatic carbocycles. The van der Waals surface area contributed by atoms with E-state index in [1.54, 1.807) is 0 Å². The quantitative estimate of drug-likeness (QED) is 0.295. The number of nitrogens with zero attached hydrogens (tertiary/aromatic N) is 1. The maximum atomic E-state index is 12.0. The van der Waals surface area contributed by atoms with Gasteiger partial charge in [-0.3, -0.25) is 9.79 Å². The zero-order chi connectivity index (χ0) is 20.5. The lowest BCUT2D eigenvalue weighted by molar-refractivity contribution is -0.123. The first-order valence-electron chi connectivity index (χ1n) is 9.98. The fourth-order valence-electron chi connectivity index (χ4n) is 3.22. The molecule has 1 amide bonds. The molecule has 1 aliphatic rings. The normalized spacial score (nSPS) is 16.1. The van der Waals surface area contributed by atoms with E-state index in [2.05, 4.69) is 48.9 Å². The molecule has 0 radical (unpaired) electrons. The summed E-state index contributed by atoms with van der Waals surface area (Å²) in [5.41, 5.74) is 6.55. The van der Waals surface area contributed by atoms with E-state index in [1.165, 1.54) is 24.8 Å². The van der Waals surface area contributed by atoms with E-state index < -0.39 is 6.04 Å². The Morgan fingerprint density at radius 1 is 1.32 bits per heavy atom. The van der Waals surface area contributed by atoms with Crippen molar-refractivity contribution in [1.29, 1.82) is 0 Å². The van der Waals surface area contributed by atoms with Crippen LogP contribution < -0.4 is 5.32 Å². The molecule has 0 aliphatic carbocycles. The molecule has 2 rings (SSSR count). The Kier molecular flexibility index (Phi) is 8.77. The van der Waals surface area contributed by atoms with E-state index >= 15 is 0 Å². The number of carbonyl (C=O) groups is 2. The number of hydrogen-bond donors (Lipinski definition) is 3. The average Bonchev–Trinajstić information content (AvgIpc) is 3.20. The number of aryl methyl sites for hydroxylation is 2. The van der Waals surface area contributed by atoms with Crippen LogP contribution in [0.1, 0.15) is 62.9 Å². The number of rotatable bonds is 11. The van der Waals surface area contributed by atoms with Crippen molar-refractivity contribution in [3.8, 4) is 0 Å². The predicted octanol–water partition coefficient (Wildman–Crippen LogP) is 4.19. The highest BCUT2D eigenvalue weighted by Gasteiger charge is 2.15. The number of H-pyrrole nitrogens is 1. The maximum absolute atomic E-state index is 12.0. The molecule has 1 aromatic heterocycles. The summed E-state index contributed by atoms with van der Waals surface area (Å²) < 4.78 is 0. The molecule has 1 atom stereocenters. The minimum atomic E-state index is -0.531. The second-order valence-corrected chi connectivity index (χ2v) is 7.67. The summed E-state index contributed by atoms with van der Waals surface area (Å²) >= 11 is 4.04. The van der Waals surface area contributed by atoms with Crippen LogP contribution in [0.3, 0.4) is 0 Å². The number of aromatic amines is 1. The van der Waals surface area contributed by atoms with Crippen molar-refractivity contribution in [3.05, 3.63) is 40.4 Å². The van der Waals surface area contributed by atoms with Gasteiger partial charge in [0.15, 0.2) is 0 Å². The second-order valence-electron chi connectivity index (χ2n) is 7.30. The van der Waals surface area contributed by atoms with Gasteiger partial charge in [-0.1, -0.05) is 19.8 Å². The van der Waals surface area contributed by atoms with Gasteiger partial charge in [0.2, 0.25) is 5.91 Å². The Balaban J connectivity index is 2.02. The lowest BCUT2D eigenvalue weighted by Crippen LogP contribution is -2.37. The average molecular weight is 402 g/mol. The zero-order valence-corrected chi connectivity index (χ0v) is 17.9. The standard InChI is InChI=1S/C22H31N3O2S/c1-4-5-6-7-17-11-16(3)23-21(17)12-20-15(2)10-18(24-20)8-9-22(27)25-19(13-26)14-28/h10-13,19,23,28H,4-9,14H2,1-3H3,(H,25,27)/b20-12-. The third kappa shape index (κ3) is 6.51. The third-order valence-corrected chi connectivity index (χ3v) is 5.16. The van der Waals surface area contributed by atoms with Gasteiger partial charge in [0.25, 0.3) is 0 Å². The molecule has 0 bridgehead atoms. The van der Waals surface area contributed by atoms with Crippen molar-refractivity contribution in [1.82, 2.24) is 10.3 Å². The smallest absolute Gasteiger partial charge is 0.220 e. The zero-order valence-electron chi connectivity index (χ0n) is 17.0. The van der Waals surface area contributed by atoms with Crippen LogP contribution >= 0.6 is 12.6 Å². The van der Waals surface area contributed by atoms with Crippen LogP contribution in [0.5, 0.6) is 0 Å². The number of hydrogen-bond acceptors (Lipinski definition) is 4. The molecule has 0 fully saturated rings. The largest absolute Gasteiger partial charge is 0.359 e. The summed E-state index contributed by atoms with van der Waals surface area (Å²) in [4.78, 5) is 30.9. The fraction of sp³-hybridized carbons (Fsp3) is 0.500. The van der Waals surface area contributed by atoms with E-state index in [4.69, 9.17) is 4.99 Å². The van der Waals surface area contributed by atoms with Crippen LogP contribution in [0.15, 0.2) is 28.4 Å². The van der Waals surface area contributed by atoms with E-state index in [0.29, 0.717) is 24.9 Å². The molecule has 0 saturated heterocycles. The summed E-state index contributed by atoms with van der Waals surface area (Å²) in [5, 5.41) is 2.66. The molecule has 28 heavy (non-hydrogen) atoms. The summed E-state index contributed by atoms with van der Waals surface area (Å²) in [6.07, 6.45) is 10.4. The van der Waals surface area contributed by atoms with Gasteiger partial charge in [-0.15, -0.1) is 0 Å². The van der Waals surface area contributed by atoms with Crippen LogP contribution in [0, 0.1) is 6.92 Å². The predicted molar refractivity (Wildman–Crippen MR) is 119 cm³/mol. The molecule has 1 unspecified atom stereocenters. The van der Waals surface area contributed by atoms with E-state index in [1.807, 2.05) is 13.0 Å². The summed E-state index contributed by atoms with van der Waals surface area (Å²) in [6, 6.07) is 1.69. The first-order valence-corrected chi connectivity index (χ1v) is 10.6. The number of thiol groups is 1. The fourth-order valence-corrected chi connectivity index (χ4v) is 3.40. The van der Waals surface area contributed by atoms with Gasteiger partial charge in [0, 0.05) is 29.3 Å². The molecule has 6 heteroatoms. The van der Waals surface area contributed by atoms with E-state index in [-0.39, 0.29) is 5.91 Å². The monoisotopic (exact) mass is 401 g/mol. The number of allylic oxidation sites excluding steroid dienone is 2. The van der Waals surface area contributed by atoms with Crippen LogP contribution in [0.2, 0.25) is 0 Å².